The zero-order valence-electron chi connectivity index (χ0n) is 9.96. The van der Waals surface area contributed by atoms with Gasteiger partial charge in [-0.15, -0.1) is 0 Å². The topological polar surface area (TPSA) is 20.3 Å². The maximum Gasteiger partial charge on any atom is 0.254 e. The molecule has 1 aromatic carbocycles. The molecule has 0 unspecified atom stereocenters. The number of carbonyl (C=O) groups is 1. The van der Waals surface area contributed by atoms with Gasteiger partial charge in [0, 0.05) is 16.7 Å². The molecule has 0 N–H and O–H groups in total. The van der Waals surface area contributed by atoms with Crippen LogP contribution in [-0.2, 0) is 0 Å². The fraction of sp³-hybridized carbons (Fsp3) is 0.462. The maximum atomic E-state index is 13.0. The molecule has 0 atom stereocenters. The molecule has 0 bridgehead atoms. The number of halogens is 2. The summed E-state index contributed by atoms with van der Waals surface area (Å²) >= 11 is 2.01. The van der Waals surface area contributed by atoms with E-state index in [-0.39, 0.29) is 17.1 Å². The molecule has 1 fully saturated rings. The summed E-state index contributed by atoms with van der Waals surface area (Å²) in [6.07, 6.45) is 1.02. The van der Waals surface area contributed by atoms with Crippen molar-refractivity contribution < 1.29 is 9.18 Å². The van der Waals surface area contributed by atoms with Crippen LogP contribution >= 0.6 is 22.6 Å². The average molecular weight is 347 g/mol. The lowest BCUT2D eigenvalue weighted by atomic mass is 9.93. The van der Waals surface area contributed by atoms with Crippen LogP contribution < -0.4 is 0 Å². The molecule has 0 aliphatic carbocycles. The molecule has 0 saturated carbocycles. The van der Waals surface area contributed by atoms with Crippen molar-refractivity contribution in [2.24, 2.45) is 5.41 Å². The van der Waals surface area contributed by atoms with E-state index in [0.717, 1.165) is 19.5 Å². The normalized spacial score (nSPS) is 18.5. The SMILES string of the molecule is CC1(C)CCN(C(=O)c2ccc(F)cc2I)C1. The van der Waals surface area contributed by atoms with E-state index in [0.29, 0.717) is 9.13 Å². The average Bonchev–Trinajstić information content (AvgIpc) is 2.58. The minimum Gasteiger partial charge on any atom is -0.338 e. The fourth-order valence-corrected chi connectivity index (χ4v) is 2.83. The van der Waals surface area contributed by atoms with Crippen molar-refractivity contribution in [1.29, 1.82) is 0 Å². The third-order valence-corrected chi connectivity index (χ3v) is 4.02. The van der Waals surface area contributed by atoms with E-state index in [1.807, 2.05) is 27.5 Å². The van der Waals surface area contributed by atoms with Crippen molar-refractivity contribution in [1.82, 2.24) is 4.90 Å². The molecule has 92 valence electrons. The largest absolute Gasteiger partial charge is 0.338 e. The Bertz CT molecular complexity index is 459. The standard InChI is InChI=1S/C13H15FINO/c1-13(2)5-6-16(8-13)12(17)10-4-3-9(14)7-11(10)15/h3-4,7H,5-6,8H2,1-2H3. The Morgan fingerprint density at radius 3 is 2.71 bits per heavy atom. The zero-order chi connectivity index (χ0) is 12.6. The predicted molar refractivity (Wildman–Crippen MR) is 73.4 cm³/mol. The Labute approximate surface area is 114 Å². The third kappa shape index (κ3) is 2.78. The smallest absolute Gasteiger partial charge is 0.254 e. The highest BCUT2D eigenvalue weighted by atomic mass is 127. The van der Waals surface area contributed by atoms with Crippen LogP contribution in [0.4, 0.5) is 4.39 Å². The molecular formula is C13H15FINO. The molecule has 0 radical (unpaired) electrons. The van der Waals surface area contributed by atoms with Gasteiger partial charge in [-0.3, -0.25) is 4.79 Å². The van der Waals surface area contributed by atoms with E-state index >= 15 is 0 Å². The van der Waals surface area contributed by atoms with Gasteiger partial charge in [0.2, 0.25) is 0 Å². The van der Waals surface area contributed by atoms with Gasteiger partial charge in [-0.2, -0.15) is 0 Å². The Hall–Kier alpha value is -0.650. The molecule has 1 aromatic rings. The van der Waals surface area contributed by atoms with Gasteiger partial charge in [0.1, 0.15) is 5.82 Å². The zero-order valence-corrected chi connectivity index (χ0v) is 12.1. The maximum absolute atomic E-state index is 13.0. The van der Waals surface area contributed by atoms with E-state index in [1.54, 1.807) is 6.07 Å². The van der Waals surface area contributed by atoms with Crippen LogP contribution in [0.15, 0.2) is 18.2 Å². The lowest BCUT2D eigenvalue weighted by molar-refractivity contribution is 0.0777. The highest BCUT2D eigenvalue weighted by Gasteiger charge is 2.32. The lowest BCUT2D eigenvalue weighted by Crippen LogP contribution is -2.30. The van der Waals surface area contributed by atoms with E-state index in [1.165, 1.54) is 12.1 Å². The van der Waals surface area contributed by atoms with Gasteiger partial charge < -0.3 is 4.90 Å². The van der Waals surface area contributed by atoms with E-state index in [9.17, 15) is 9.18 Å². The molecule has 2 rings (SSSR count). The van der Waals surface area contributed by atoms with Crippen molar-refractivity contribution in [2.75, 3.05) is 13.1 Å². The van der Waals surface area contributed by atoms with Gasteiger partial charge in [0.25, 0.3) is 5.91 Å². The highest BCUT2D eigenvalue weighted by Crippen LogP contribution is 2.30. The summed E-state index contributed by atoms with van der Waals surface area (Å²) in [5.41, 5.74) is 0.797. The molecule has 0 spiro atoms. The number of benzene rings is 1. The van der Waals surface area contributed by atoms with Gasteiger partial charge in [-0.05, 0) is 52.6 Å². The summed E-state index contributed by atoms with van der Waals surface area (Å²) in [6, 6.07) is 4.32. The van der Waals surface area contributed by atoms with Crippen molar-refractivity contribution in [3.8, 4) is 0 Å². The van der Waals surface area contributed by atoms with Crippen LogP contribution in [-0.4, -0.2) is 23.9 Å². The minimum atomic E-state index is -0.298. The summed E-state index contributed by atoms with van der Waals surface area (Å²) in [7, 11) is 0. The van der Waals surface area contributed by atoms with E-state index in [2.05, 4.69) is 13.8 Å². The Kier molecular flexibility index (Phi) is 3.43. The molecule has 0 aromatic heterocycles. The minimum absolute atomic E-state index is 0.0139. The van der Waals surface area contributed by atoms with Crippen molar-refractivity contribution >= 4 is 28.5 Å². The first-order chi connectivity index (χ1) is 7.89. The molecule has 1 aliphatic heterocycles. The van der Waals surface area contributed by atoms with Gasteiger partial charge in [0.15, 0.2) is 0 Å². The summed E-state index contributed by atoms with van der Waals surface area (Å²) in [6.45, 7) is 5.89. The van der Waals surface area contributed by atoms with E-state index < -0.39 is 0 Å². The number of rotatable bonds is 1. The van der Waals surface area contributed by atoms with Gasteiger partial charge in [-0.25, -0.2) is 4.39 Å². The van der Waals surface area contributed by atoms with Crippen molar-refractivity contribution in [3.05, 3.63) is 33.1 Å². The van der Waals surface area contributed by atoms with Crippen LogP contribution in [0.5, 0.6) is 0 Å². The Balaban J connectivity index is 2.21. The first-order valence-electron chi connectivity index (χ1n) is 5.63. The van der Waals surface area contributed by atoms with Crippen LogP contribution in [0.25, 0.3) is 0 Å². The number of nitrogens with zero attached hydrogens (tertiary/aromatic N) is 1. The molecular weight excluding hydrogens is 332 g/mol. The van der Waals surface area contributed by atoms with Gasteiger partial charge in [0.05, 0.1) is 5.56 Å². The number of hydrogen-bond acceptors (Lipinski definition) is 1. The van der Waals surface area contributed by atoms with E-state index in [4.69, 9.17) is 0 Å². The van der Waals surface area contributed by atoms with Gasteiger partial charge >= 0.3 is 0 Å². The first kappa shape index (κ1) is 12.8. The summed E-state index contributed by atoms with van der Waals surface area (Å²) in [5.74, 6) is -0.285. The summed E-state index contributed by atoms with van der Waals surface area (Å²) < 4.78 is 13.7. The molecule has 17 heavy (non-hydrogen) atoms. The monoisotopic (exact) mass is 347 g/mol. The highest BCUT2D eigenvalue weighted by molar-refractivity contribution is 14.1. The quantitative estimate of drug-likeness (QED) is 0.714. The first-order valence-corrected chi connectivity index (χ1v) is 6.71. The number of amides is 1. The van der Waals surface area contributed by atoms with Crippen LogP contribution in [0, 0.1) is 14.8 Å². The van der Waals surface area contributed by atoms with Crippen LogP contribution in [0.1, 0.15) is 30.6 Å². The number of carbonyl (C=O) groups excluding carboxylic acids is 1. The Morgan fingerprint density at radius 1 is 1.47 bits per heavy atom. The molecule has 2 nitrogen and oxygen atoms in total. The van der Waals surface area contributed by atoms with Crippen molar-refractivity contribution in [3.63, 3.8) is 0 Å². The Morgan fingerprint density at radius 2 is 2.18 bits per heavy atom. The number of likely N-dealkylation sites (tertiary alicyclic amines) is 1. The second-order valence-corrected chi connectivity index (χ2v) is 6.43. The molecule has 1 aliphatic rings. The molecule has 1 heterocycles. The molecule has 1 saturated heterocycles. The third-order valence-electron chi connectivity index (χ3n) is 3.13. The molecule has 4 heteroatoms. The predicted octanol–water partition coefficient (Wildman–Crippen LogP) is 3.30. The number of hydrogen-bond donors (Lipinski definition) is 0. The second-order valence-electron chi connectivity index (χ2n) is 5.27. The fourth-order valence-electron chi connectivity index (χ4n) is 2.12. The summed E-state index contributed by atoms with van der Waals surface area (Å²) in [5, 5.41) is 0. The van der Waals surface area contributed by atoms with Crippen LogP contribution in [0.3, 0.4) is 0 Å². The molecule has 1 amide bonds. The van der Waals surface area contributed by atoms with Crippen molar-refractivity contribution in [2.45, 2.75) is 20.3 Å². The van der Waals surface area contributed by atoms with Crippen LogP contribution in [0.2, 0.25) is 0 Å². The lowest BCUT2D eigenvalue weighted by Gasteiger charge is -2.20. The second kappa shape index (κ2) is 4.55. The van der Waals surface area contributed by atoms with Gasteiger partial charge in [-0.1, -0.05) is 13.8 Å². The summed E-state index contributed by atoms with van der Waals surface area (Å²) in [4.78, 5) is 14.1.